The Bertz CT molecular complexity index is 1160. The summed E-state index contributed by atoms with van der Waals surface area (Å²) in [5.74, 6) is 0.643. The van der Waals surface area contributed by atoms with Crippen LogP contribution in [0.3, 0.4) is 0 Å². The van der Waals surface area contributed by atoms with E-state index in [1.807, 2.05) is 6.07 Å². The quantitative estimate of drug-likeness (QED) is 0.636. The Morgan fingerprint density at radius 2 is 1.73 bits per heavy atom. The lowest BCUT2D eigenvalue weighted by Crippen LogP contribution is -2.53. The molecule has 2 saturated heterocycles. The van der Waals surface area contributed by atoms with E-state index >= 15 is 0 Å². The largest absolute Gasteiger partial charge is 0.506 e. The second kappa shape index (κ2) is 8.38. The Kier molecular flexibility index (Phi) is 5.53. The Balaban J connectivity index is 1.72. The Hall–Kier alpha value is -3.05. The molecule has 1 N–H and O–H groups in total. The van der Waals surface area contributed by atoms with E-state index in [4.69, 9.17) is 14.5 Å². The number of hydrogen-bond acceptors (Lipinski definition) is 8. The lowest BCUT2D eigenvalue weighted by molar-refractivity contribution is 0.0639. The number of nitrogens with zero attached hydrogens (tertiary/aromatic N) is 6. The smallest absolute Gasteiger partial charge is 0.296 e. The number of anilines is 2. The van der Waals surface area contributed by atoms with E-state index in [0.717, 1.165) is 0 Å². The predicted octanol–water partition coefficient (Wildman–Crippen LogP) is 2.91. The van der Waals surface area contributed by atoms with Crippen LogP contribution in [0, 0.1) is 0 Å². The molecule has 0 amide bonds. The van der Waals surface area contributed by atoms with Crippen LogP contribution in [0.4, 0.5) is 20.4 Å². The number of rotatable bonds is 4. The van der Waals surface area contributed by atoms with Crippen molar-refractivity contribution in [1.29, 1.82) is 0 Å². The zero-order valence-corrected chi connectivity index (χ0v) is 18.5. The number of para-hydroxylation sites is 1. The number of fused-ring (bicyclic) bond motifs is 1. The van der Waals surface area contributed by atoms with Gasteiger partial charge in [-0.05, 0) is 26.0 Å². The van der Waals surface area contributed by atoms with E-state index < -0.39 is 12.2 Å². The highest BCUT2D eigenvalue weighted by molar-refractivity contribution is 5.83. The Morgan fingerprint density at radius 1 is 1.00 bits per heavy atom. The Morgan fingerprint density at radius 3 is 2.45 bits per heavy atom. The summed E-state index contributed by atoms with van der Waals surface area (Å²) >= 11 is 0. The number of halogens is 2. The van der Waals surface area contributed by atoms with Crippen molar-refractivity contribution in [3.63, 3.8) is 0 Å². The van der Waals surface area contributed by atoms with E-state index in [0.29, 0.717) is 63.2 Å². The van der Waals surface area contributed by atoms with Crippen LogP contribution in [0.2, 0.25) is 0 Å². The molecule has 176 valence electrons. The van der Waals surface area contributed by atoms with Gasteiger partial charge in [0.05, 0.1) is 37.5 Å². The highest BCUT2D eigenvalue weighted by Crippen LogP contribution is 2.34. The molecule has 2 aromatic heterocycles. The minimum Gasteiger partial charge on any atom is -0.506 e. The molecule has 5 rings (SSSR count). The summed E-state index contributed by atoms with van der Waals surface area (Å²) in [6, 6.07) is 6.52. The first-order valence-corrected chi connectivity index (χ1v) is 10.9. The first kappa shape index (κ1) is 21.8. The number of aromatic nitrogens is 4. The van der Waals surface area contributed by atoms with E-state index in [1.54, 1.807) is 12.1 Å². The maximum Gasteiger partial charge on any atom is 0.296 e. The molecule has 0 bridgehead atoms. The Labute approximate surface area is 189 Å². The van der Waals surface area contributed by atoms with E-state index in [1.165, 1.54) is 10.6 Å². The second-order valence-corrected chi connectivity index (χ2v) is 8.75. The molecular formula is C22H26F2N6O3. The topological polar surface area (TPSA) is 88.8 Å². The summed E-state index contributed by atoms with van der Waals surface area (Å²) in [6.07, 6.45) is -2.88. The molecule has 33 heavy (non-hydrogen) atoms. The van der Waals surface area contributed by atoms with E-state index in [9.17, 15) is 13.9 Å². The molecular weight excluding hydrogens is 434 g/mol. The number of ether oxygens (including phenoxy) is 2. The third-order valence-electron chi connectivity index (χ3n) is 6.03. The van der Waals surface area contributed by atoms with Crippen LogP contribution in [0.5, 0.6) is 5.75 Å². The van der Waals surface area contributed by atoms with Crippen molar-refractivity contribution in [1.82, 2.24) is 19.5 Å². The van der Waals surface area contributed by atoms with Crippen LogP contribution >= 0.6 is 0 Å². The van der Waals surface area contributed by atoms with Crippen molar-refractivity contribution in [2.45, 2.75) is 25.8 Å². The van der Waals surface area contributed by atoms with Crippen LogP contribution in [-0.2, 0) is 9.47 Å². The molecule has 0 spiro atoms. The van der Waals surface area contributed by atoms with Gasteiger partial charge in [-0.2, -0.15) is 9.97 Å². The molecule has 3 aromatic rings. The fourth-order valence-electron chi connectivity index (χ4n) is 4.34. The molecule has 2 aliphatic heterocycles. The van der Waals surface area contributed by atoms with Gasteiger partial charge in [-0.25, -0.2) is 13.8 Å². The molecule has 0 aliphatic carbocycles. The van der Waals surface area contributed by atoms with Crippen molar-refractivity contribution in [2.75, 3.05) is 55.9 Å². The number of alkyl halides is 2. The normalized spacial score (nSPS) is 18.9. The van der Waals surface area contributed by atoms with Gasteiger partial charge in [-0.1, -0.05) is 6.07 Å². The first-order valence-electron chi connectivity index (χ1n) is 10.9. The van der Waals surface area contributed by atoms with Crippen molar-refractivity contribution in [2.24, 2.45) is 0 Å². The highest BCUT2D eigenvalue weighted by atomic mass is 19.3. The van der Waals surface area contributed by atoms with Crippen LogP contribution in [0.1, 0.15) is 26.1 Å². The van der Waals surface area contributed by atoms with E-state index in [-0.39, 0.29) is 22.8 Å². The van der Waals surface area contributed by atoms with Gasteiger partial charge in [0.25, 0.3) is 6.43 Å². The summed E-state index contributed by atoms with van der Waals surface area (Å²) in [5, 5.41) is 10.2. The van der Waals surface area contributed by atoms with Gasteiger partial charge < -0.3 is 24.4 Å². The highest BCUT2D eigenvalue weighted by Gasteiger charge is 2.33. The first-order chi connectivity index (χ1) is 15.8. The fraction of sp³-hybridized carbons (Fsp3) is 0.500. The number of phenols is 1. The number of hydrogen-bond donors (Lipinski definition) is 1. The van der Waals surface area contributed by atoms with Gasteiger partial charge in [0, 0.05) is 25.7 Å². The van der Waals surface area contributed by atoms with Crippen molar-refractivity contribution in [3.05, 3.63) is 30.1 Å². The average molecular weight is 460 g/mol. The van der Waals surface area contributed by atoms with Crippen LogP contribution in [-0.4, -0.2) is 76.2 Å². The summed E-state index contributed by atoms with van der Waals surface area (Å²) in [5.41, 5.74) is 0.0607. The van der Waals surface area contributed by atoms with Gasteiger partial charge in [0.1, 0.15) is 22.9 Å². The summed E-state index contributed by atoms with van der Waals surface area (Å²) in [7, 11) is 0. The lowest BCUT2D eigenvalue weighted by Gasteiger charge is -2.43. The molecule has 0 radical (unpaired) electrons. The molecule has 0 atom stereocenters. The number of aromatic hydroxyl groups is 1. The summed E-state index contributed by atoms with van der Waals surface area (Å²) in [4.78, 5) is 17.6. The monoisotopic (exact) mass is 460 g/mol. The molecule has 11 heteroatoms. The number of benzene rings is 1. The van der Waals surface area contributed by atoms with Crippen LogP contribution < -0.4 is 9.80 Å². The zero-order valence-electron chi connectivity index (χ0n) is 18.5. The third kappa shape index (κ3) is 3.95. The summed E-state index contributed by atoms with van der Waals surface area (Å²) < 4.78 is 40.4. The van der Waals surface area contributed by atoms with Gasteiger partial charge >= 0.3 is 0 Å². The third-order valence-corrected chi connectivity index (χ3v) is 6.03. The number of phenolic OH excluding ortho intramolecular Hbond substituents is 1. The fourth-order valence-corrected chi connectivity index (χ4v) is 4.34. The molecule has 4 heterocycles. The second-order valence-electron chi connectivity index (χ2n) is 8.75. The number of morpholine rings is 2. The van der Waals surface area contributed by atoms with Gasteiger partial charge in [0.15, 0.2) is 5.82 Å². The SMILES string of the molecule is CC1(C)COCCN1c1cc(N2CCOCC2)nc(-n2c(C(F)F)nc3c(O)cccc32)n1. The predicted molar refractivity (Wildman–Crippen MR) is 119 cm³/mol. The van der Waals surface area contributed by atoms with Crippen molar-refractivity contribution in [3.8, 4) is 11.7 Å². The lowest BCUT2D eigenvalue weighted by atomic mass is 10.0. The standard InChI is InChI=1S/C22H26F2N6O3/c1-22(2)13-33-11-8-29(22)17-12-16(28-6-9-32-10-7-28)25-21(26-17)30-14-4-3-5-15(31)18(14)27-20(30)19(23)24/h3-5,12,19,31H,6-11,13H2,1-2H3. The molecule has 2 fully saturated rings. The van der Waals surface area contributed by atoms with E-state index in [2.05, 4.69) is 33.6 Å². The molecule has 0 saturated carbocycles. The molecule has 1 aromatic carbocycles. The van der Waals surface area contributed by atoms with Crippen LogP contribution in [0.15, 0.2) is 24.3 Å². The van der Waals surface area contributed by atoms with Gasteiger partial charge in [-0.15, -0.1) is 0 Å². The minimum atomic E-state index is -2.88. The molecule has 2 aliphatic rings. The maximum atomic E-state index is 14.0. The van der Waals surface area contributed by atoms with Crippen molar-refractivity contribution < 1.29 is 23.4 Å². The van der Waals surface area contributed by atoms with Crippen LogP contribution in [0.25, 0.3) is 17.0 Å². The van der Waals surface area contributed by atoms with Gasteiger partial charge in [-0.3, -0.25) is 4.57 Å². The number of imidazole rings is 1. The molecule has 0 unspecified atom stereocenters. The minimum absolute atomic E-state index is 0.0830. The van der Waals surface area contributed by atoms with Gasteiger partial charge in [0.2, 0.25) is 5.95 Å². The summed E-state index contributed by atoms with van der Waals surface area (Å²) in [6.45, 7) is 8.16. The van der Waals surface area contributed by atoms with Crippen molar-refractivity contribution >= 4 is 22.7 Å². The molecule has 9 nitrogen and oxygen atoms in total. The zero-order chi connectivity index (χ0) is 23.2. The average Bonchev–Trinajstić information content (AvgIpc) is 3.20. The maximum absolute atomic E-state index is 14.0.